The summed E-state index contributed by atoms with van der Waals surface area (Å²) in [6, 6.07) is 0. The van der Waals surface area contributed by atoms with Crippen molar-refractivity contribution in [3.63, 3.8) is 0 Å². The first-order valence-corrected chi connectivity index (χ1v) is 5.06. The summed E-state index contributed by atoms with van der Waals surface area (Å²) in [6.07, 6.45) is 10.1. The summed E-state index contributed by atoms with van der Waals surface area (Å²) in [5.41, 5.74) is 0. The molecule has 0 aromatic heterocycles. The fourth-order valence-corrected chi connectivity index (χ4v) is 2.38. The van der Waals surface area contributed by atoms with Crippen molar-refractivity contribution in [2.24, 2.45) is 5.92 Å². The van der Waals surface area contributed by atoms with E-state index in [1.54, 1.807) is 0 Å². The minimum atomic E-state index is 0.817. The molecule has 0 saturated carbocycles. The molecule has 0 bridgehead atoms. The SMILES string of the molecule is C#CCCC1CC(C)[B]C1CC. The largest absolute Gasteiger partial charge is 0.120 e. The zero-order chi connectivity index (χ0) is 8.97. The van der Waals surface area contributed by atoms with Crippen molar-refractivity contribution in [2.45, 2.75) is 51.2 Å². The molecule has 0 aromatic rings. The lowest BCUT2D eigenvalue weighted by Crippen LogP contribution is -2.04. The van der Waals surface area contributed by atoms with Crippen molar-refractivity contribution in [3.8, 4) is 12.3 Å². The Hall–Kier alpha value is -0.375. The van der Waals surface area contributed by atoms with E-state index in [9.17, 15) is 0 Å². The number of rotatable bonds is 3. The minimum Gasteiger partial charge on any atom is -0.120 e. The third-order valence-electron chi connectivity index (χ3n) is 2.99. The van der Waals surface area contributed by atoms with Gasteiger partial charge >= 0.3 is 0 Å². The Balaban J connectivity index is 2.36. The predicted octanol–water partition coefficient (Wildman–Crippen LogP) is 3.13. The second-order valence-corrected chi connectivity index (χ2v) is 3.98. The second kappa shape index (κ2) is 4.60. The molecule has 0 spiro atoms. The quantitative estimate of drug-likeness (QED) is 0.440. The molecule has 1 aliphatic rings. The summed E-state index contributed by atoms with van der Waals surface area (Å²) in [5, 5.41) is 0. The highest BCUT2D eigenvalue weighted by atomic mass is 14.2. The van der Waals surface area contributed by atoms with Crippen LogP contribution in [0.2, 0.25) is 11.6 Å². The molecular weight excluding hydrogens is 143 g/mol. The van der Waals surface area contributed by atoms with E-state index in [2.05, 4.69) is 27.0 Å². The lowest BCUT2D eigenvalue weighted by Gasteiger charge is -2.16. The van der Waals surface area contributed by atoms with Crippen LogP contribution in [0.15, 0.2) is 0 Å². The van der Waals surface area contributed by atoms with Crippen LogP contribution in [0.5, 0.6) is 0 Å². The molecule has 1 heterocycles. The normalized spacial score (nSPS) is 34.2. The molecule has 3 unspecified atom stereocenters. The first-order chi connectivity index (χ1) is 5.77. The van der Waals surface area contributed by atoms with Crippen LogP contribution in [0.1, 0.15) is 39.5 Å². The van der Waals surface area contributed by atoms with Crippen LogP contribution in [-0.2, 0) is 0 Å². The maximum atomic E-state index is 5.27. The molecule has 1 rings (SSSR count). The monoisotopic (exact) mass is 161 g/mol. The van der Waals surface area contributed by atoms with Gasteiger partial charge in [0, 0.05) is 6.42 Å². The van der Waals surface area contributed by atoms with E-state index in [4.69, 9.17) is 6.42 Å². The van der Waals surface area contributed by atoms with E-state index in [0.29, 0.717) is 0 Å². The van der Waals surface area contributed by atoms with E-state index in [-0.39, 0.29) is 0 Å². The number of terminal acetylenes is 1. The molecule has 0 amide bonds. The van der Waals surface area contributed by atoms with Crippen LogP contribution >= 0.6 is 0 Å². The smallest absolute Gasteiger partial charge is 0.117 e. The Bertz CT molecular complexity index is 168. The van der Waals surface area contributed by atoms with Crippen LogP contribution in [0.25, 0.3) is 0 Å². The summed E-state index contributed by atoms with van der Waals surface area (Å²) in [4.78, 5) is 0. The van der Waals surface area contributed by atoms with Gasteiger partial charge in [-0.25, -0.2) is 0 Å². The Morgan fingerprint density at radius 3 is 2.92 bits per heavy atom. The first kappa shape index (κ1) is 9.71. The molecule has 12 heavy (non-hydrogen) atoms. The minimum absolute atomic E-state index is 0.817. The molecule has 3 atom stereocenters. The van der Waals surface area contributed by atoms with Crippen molar-refractivity contribution in [1.82, 2.24) is 0 Å². The van der Waals surface area contributed by atoms with E-state index in [1.807, 2.05) is 0 Å². The summed E-state index contributed by atoms with van der Waals surface area (Å²) in [6.45, 7) is 4.60. The zero-order valence-corrected chi connectivity index (χ0v) is 8.22. The summed E-state index contributed by atoms with van der Waals surface area (Å²) >= 11 is 0. The first-order valence-electron chi connectivity index (χ1n) is 5.06. The van der Waals surface area contributed by atoms with Crippen LogP contribution in [0, 0.1) is 18.3 Å². The van der Waals surface area contributed by atoms with E-state index < -0.39 is 0 Å². The van der Waals surface area contributed by atoms with Gasteiger partial charge in [-0.3, -0.25) is 0 Å². The molecule has 0 N–H and O–H groups in total. The maximum Gasteiger partial charge on any atom is 0.117 e. The van der Waals surface area contributed by atoms with Gasteiger partial charge in [0.1, 0.15) is 7.28 Å². The molecule has 1 heteroatoms. The zero-order valence-electron chi connectivity index (χ0n) is 8.22. The van der Waals surface area contributed by atoms with Gasteiger partial charge in [-0.05, 0) is 12.3 Å². The molecule has 0 aliphatic carbocycles. The van der Waals surface area contributed by atoms with Gasteiger partial charge < -0.3 is 0 Å². The Labute approximate surface area is 77.4 Å². The lowest BCUT2D eigenvalue weighted by molar-refractivity contribution is 0.450. The highest BCUT2D eigenvalue weighted by molar-refractivity contribution is 6.40. The van der Waals surface area contributed by atoms with Gasteiger partial charge in [-0.2, -0.15) is 0 Å². The molecule has 65 valence electrons. The average Bonchev–Trinajstić information content (AvgIpc) is 2.42. The van der Waals surface area contributed by atoms with Crippen LogP contribution < -0.4 is 0 Å². The topological polar surface area (TPSA) is 0 Å². The van der Waals surface area contributed by atoms with E-state index in [1.165, 1.54) is 19.3 Å². The van der Waals surface area contributed by atoms with Gasteiger partial charge in [0.25, 0.3) is 0 Å². The van der Waals surface area contributed by atoms with E-state index >= 15 is 0 Å². The van der Waals surface area contributed by atoms with Crippen LogP contribution in [0.4, 0.5) is 0 Å². The van der Waals surface area contributed by atoms with Crippen molar-refractivity contribution in [3.05, 3.63) is 0 Å². The number of hydrogen-bond acceptors (Lipinski definition) is 0. The van der Waals surface area contributed by atoms with E-state index in [0.717, 1.165) is 24.0 Å². The molecule has 0 aromatic carbocycles. The number of hydrogen-bond donors (Lipinski definition) is 0. The Morgan fingerprint density at radius 1 is 1.58 bits per heavy atom. The standard InChI is InChI=1S/C11H18B/c1-4-6-7-10-8-9(3)12-11(10)5-2/h1,9-11H,5-8H2,2-3H3. The van der Waals surface area contributed by atoms with Gasteiger partial charge in [0.05, 0.1) is 0 Å². The Kier molecular flexibility index (Phi) is 3.72. The highest BCUT2D eigenvalue weighted by Gasteiger charge is 2.30. The van der Waals surface area contributed by atoms with Crippen LogP contribution in [-0.4, -0.2) is 7.28 Å². The van der Waals surface area contributed by atoms with Gasteiger partial charge in [-0.15, -0.1) is 12.3 Å². The average molecular weight is 161 g/mol. The lowest BCUT2D eigenvalue weighted by atomic mass is 9.59. The van der Waals surface area contributed by atoms with Crippen molar-refractivity contribution in [1.29, 1.82) is 0 Å². The molecule has 1 aliphatic heterocycles. The van der Waals surface area contributed by atoms with Crippen molar-refractivity contribution >= 4 is 7.28 Å². The molecular formula is C11H18B. The second-order valence-electron chi connectivity index (χ2n) is 3.98. The summed E-state index contributed by atoms with van der Waals surface area (Å²) in [5.74, 6) is 5.27. The summed E-state index contributed by atoms with van der Waals surface area (Å²) in [7, 11) is 2.52. The molecule has 1 saturated heterocycles. The Morgan fingerprint density at radius 2 is 2.33 bits per heavy atom. The third-order valence-corrected chi connectivity index (χ3v) is 2.99. The van der Waals surface area contributed by atoms with Crippen molar-refractivity contribution in [2.75, 3.05) is 0 Å². The van der Waals surface area contributed by atoms with Gasteiger partial charge in [0.2, 0.25) is 0 Å². The highest BCUT2D eigenvalue weighted by Crippen LogP contribution is 2.41. The van der Waals surface area contributed by atoms with Gasteiger partial charge in [0.15, 0.2) is 0 Å². The fraction of sp³-hybridized carbons (Fsp3) is 0.818. The molecule has 1 radical (unpaired) electrons. The summed E-state index contributed by atoms with van der Waals surface area (Å²) < 4.78 is 0. The van der Waals surface area contributed by atoms with Gasteiger partial charge in [-0.1, -0.05) is 38.3 Å². The van der Waals surface area contributed by atoms with Crippen molar-refractivity contribution < 1.29 is 0 Å². The van der Waals surface area contributed by atoms with Crippen LogP contribution in [0.3, 0.4) is 0 Å². The third kappa shape index (κ3) is 2.30. The molecule has 1 fully saturated rings. The predicted molar refractivity (Wildman–Crippen MR) is 55.4 cm³/mol. The maximum absolute atomic E-state index is 5.27. The fourth-order valence-electron chi connectivity index (χ4n) is 2.38. The molecule has 0 nitrogen and oxygen atoms in total.